The summed E-state index contributed by atoms with van der Waals surface area (Å²) in [5.74, 6) is -1.77. The Morgan fingerprint density at radius 1 is 1.16 bits per heavy atom. The lowest BCUT2D eigenvalue weighted by atomic mass is 10.1. The molecule has 0 saturated carbocycles. The van der Waals surface area contributed by atoms with Crippen molar-refractivity contribution in [3.05, 3.63) is 17.3 Å². The number of ether oxygens (including phenoxy) is 3. The zero-order valence-electron chi connectivity index (χ0n) is 18.8. The Hall–Kier alpha value is -2.52. The van der Waals surface area contributed by atoms with Crippen molar-refractivity contribution in [3.8, 4) is 5.88 Å². The normalized spacial score (nSPS) is 12.8. The molecule has 176 valence electrons. The minimum Gasteiger partial charge on any atom is -0.474 e. The molecule has 0 saturated heterocycles. The summed E-state index contributed by atoms with van der Waals surface area (Å²) in [5.41, 5.74) is -3.12. The number of halogens is 3. The van der Waals surface area contributed by atoms with Crippen molar-refractivity contribution in [3.63, 3.8) is 0 Å². The third-order valence-corrected chi connectivity index (χ3v) is 4.08. The van der Waals surface area contributed by atoms with Gasteiger partial charge in [0.25, 0.3) is 0 Å². The van der Waals surface area contributed by atoms with Crippen LogP contribution in [0.4, 0.5) is 23.7 Å². The number of methoxy groups -OCH3 is 1. The number of esters is 1. The fourth-order valence-corrected chi connectivity index (χ4v) is 2.66. The number of carbonyl (C=O) groups excluding carboxylic acids is 2. The van der Waals surface area contributed by atoms with E-state index in [1.54, 1.807) is 27.7 Å². The van der Waals surface area contributed by atoms with E-state index in [9.17, 15) is 22.8 Å². The highest BCUT2D eigenvalue weighted by Gasteiger charge is 2.38. The van der Waals surface area contributed by atoms with Gasteiger partial charge >= 0.3 is 18.2 Å². The van der Waals surface area contributed by atoms with E-state index in [4.69, 9.17) is 9.47 Å². The molecule has 1 N–H and O–H groups in total. The SMILES string of the molecule is CCCCCCC(C)Oc1nc(C(=O)OC)c(NC(=O)OC(C)(C)C)cc1C(F)(F)F. The summed E-state index contributed by atoms with van der Waals surface area (Å²) in [7, 11) is 1.05. The van der Waals surface area contributed by atoms with Gasteiger partial charge < -0.3 is 14.2 Å². The molecule has 1 aromatic rings. The van der Waals surface area contributed by atoms with Crippen LogP contribution < -0.4 is 10.1 Å². The second-order valence-corrected chi connectivity index (χ2v) is 8.13. The molecular weight excluding hydrogens is 417 g/mol. The molecule has 0 aliphatic heterocycles. The number of rotatable bonds is 9. The molecule has 1 aromatic heterocycles. The van der Waals surface area contributed by atoms with Crippen LogP contribution in [0.15, 0.2) is 6.07 Å². The lowest BCUT2D eigenvalue weighted by Crippen LogP contribution is -2.28. The van der Waals surface area contributed by atoms with Gasteiger partial charge in [-0.3, -0.25) is 5.32 Å². The Kier molecular flexibility index (Phi) is 9.58. The standard InChI is InChI=1S/C21H31F3N2O5/c1-7-8-9-10-11-13(2)30-17-14(21(22,23)24)12-15(16(26-17)18(27)29-6)25-19(28)31-20(3,4)5/h12-13H,7-11H2,1-6H3,(H,25,28). The molecule has 10 heteroatoms. The van der Waals surface area contributed by atoms with Gasteiger partial charge in [-0.2, -0.15) is 13.2 Å². The number of anilines is 1. The van der Waals surface area contributed by atoms with E-state index in [1.165, 1.54) is 0 Å². The quantitative estimate of drug-likeness (QED) is 0.370. The average molecular weight is 448 g/mol. The largest absolute Gasteiger partial charge is 0.474 e. The van der Waals surface area contributed by atoms with Crippen LogP contribution in [0.3, 0.4) is 0 Å². The summed E-state index contributed by atoms with van der Waals surface area (Å²) in [5, 5.41) is 2.14. The van der Waals surface area contributed by atoms with Gasteiger partial charge in [-0.15, -0.1) is 0 Å². The topological polar surface area (TPSA) is 86.8 Å². The van der Waals surface area contributed by atoms with Crippen molar-refractivity contribution in [2.24, 2.45) is 0 Å². The first-order valence-electron chi connectivity index (χ1n) is 10.2. The smallest absolute Gasteiger partial charge is 0.421 e. The zero-order chi connectivity index (χ0) is 23.8. The predicted octanol–water partition coefficient (Wildman–Crippen LogP) is 5.97. The number of pyridine rings is 1. The number of alkyl halides is 3. The maximum absolute atomic E-state index is 13.7. The van der Waals surface area contributed by atoms with Gasteiger partial charge in [0.2, 0.25) is 5.88 Å². The maximum Gasteiger partial charge on any atom is 0.421 e. The number of amides is 1. The molecule has 0 aliphatic carbocycles. The summed E-state index contributed by atoms with van der Waals surface area (Å²) in [6.07, 6.45) is -2.10. The number of hydrogen-bond donors (Lipinski definition) is 1. The lowest BCUT2D eigenvalue weighted by Gasteiger charge is -2.22. The Bertz CT molecular complexity index is 761. The third-order valence-electron chi connectivity index (χ3n) is 4.08. The number of hydrogen-bond acceptors (Lipinski definition) is 6. The van der Waals surface area contributed by atoms with Gasteiger partial charge in [-0.1, -0.05) is 26.2 Å². The van der Waals surface area contributed by atoms with Gasteiger partial charge in [-0.25, -0.2) is 14.6 Å². The minimum atomic E-state index is -4.83. The molecule has 1 atom stereocenters. The first-order valence-corrected chi connectivity index (χ1v) is 10.2. The molecule has 1 rings (SSSR count). The van der Waals surface area contributed by atoms with Gasteiger partial charge in [0.1, 0.15) is 11.2 Å². The Balaban J connectivity index is 3.28. The molecule has 0 aromatic carbocycles. The molecule has 0 fully saturated rings. The molecule has 7 nitrogen and oxygen atoms in total. The first kappa shape index (κ1) is 26.5. The monoisotopic (exact) mass is 448 g/mol. The van der Waals surface area contributed by atoms with E-state index < -0.39 is 52.8 Å². The summed E-state index contributed by atoms with van der Waals surface area (Å²) >= 11 is 0. The first-order chi connectivity index (χ1) is 14.3. The van der Waals surface area contributed by atoms with Crippen molar-refractivity contribution >= 4 is 17.7 Å². The van der Waals surface area contributed by atoms with Crippen LogP contribution in [-0.4, -0.2) is 35.9 Å². The van der Waals surface area contributed by atoms with Crippen molar-refractivity contribution in [1.82, 2.24) is 4.98 Å². The highest BCUT2D eigenvalue weighted by molar-refractivity contribution is 5.98. The van der Waals surface area contributed by atoms with Crippen LogP contribution >= 0.6 is 0 Å². The van der Waals surface area contributed by atoms with Gasteiger partial charge in [0, 0.05) is 0 Å². The zero-order valence-corrected chi connectivity index (χ0v) is 18.8. The number of nitrogens with one attached hydrogen (secondary N) is 1. The molecule has 1 unspecified atom stereocenters. The van der Waals surface area contributed by atoms with Crippen molar-refractivity contribution in [2.75, 3.05) is 12.4 Å². The predicted molar refractivity (Wildman–Crippen MR) is 109 cm³/mol. The van der Waals surface area contributed by atoms with Crippen LogP contribution in [0.5, 0.6) is 5.88 Å². The van der Waals surface area contributed by atoms with E-state index in [-0.39, 0.29) is 0 Å². The second-order valence-electron chi connectivity index (χ2n) is 8.13. The fraction of sp³-hybridized carbons (Fsp3) is 0.667. The Morgan fingerprint density at radius 3 is 2.32 bits per heavy atom. The van der Waals surface area contributed by atoms with E-state index in [0.29, 0.717) is 12.5 Å². The Morgan fingerprint density at radius 2 is 1.81 bits per heavy atom. The molecule has 1 amide bonds. The Labute approximate surface area is 180 Å². The number of nitrogens with zero attached hydrogens (tertiary/aromatic N) is 1. The third kappa shape index (κ3) is 9.02. The molecule has 0 bridgehead atoms. The van der Waals surface area contributed by atoms with Crippen LogP contribution in [0.25, 0.3) is 0 Å². The molecule has 1 heterocycles. The average Bonchev–Trinajstić information content (AvgIpc) is 2.63. The summed E-state index contributed by atoms with van der Waals surface area (Å²) in [6.45, 7) is 8.46. The summed E-state index contributed by atoms with van der Waals surface area (Å²) < 4.78 is 56.1. The van der Waals surface area contributed by atoms with Crippen molar-refractivity contribution < 1.29 is 37.0 Å². The van der Waals surface area contributed by atoms with Gasteiger partial charge in [0.05, 0.1) is 18.9 Å². The lowest BCUT2D eigenvalue weighted by molar-refractivity contribution is -0.139. The number of unbranched alkanes of at least 4 members (excludes halogenated alkanes) is 3. The van der Waals surface area contributed by atoms with Crippen molar-refractivity contribution in [1.29, 1.82) is 0 Å². The van der Waals surface area contributed by atoms with E-state index in [2.05, 4.69) is 22.0 Å². The van der Waals surface area contributed by atoms with Crippen molar-refractivity contribution in [2.45, 2.75) is 84.6 Å². The van der Waals surface area contributed by atoms with Crippen LogP contribution in [0.2, 0.25) is 0 Å². The highest BCUT2D eigenvalue weighted by atomic mass is 19.4. The second kappa shape index (κ2) is 11.2. The van der Waals surface area contributed by atoms with Crippen LogP contribution in [-0.2, 0) is 15.7 Å². The molecule has 0 radical (unpaired) electrons. The van der Waals surface area contributed by atoms with Crippen LogP contribution in [0, 0.1) is 0 Å². The van der Waals surface area contributed by atoms with Crippen LogP contribution in [0.1, 0.15) is 82.8 Å². The number of carbonyl (C=O) groups is 2. The molecule has 0 aliphatic rings. The number of aromatic nitrogens is 1. The summed E-state index contributed by atoms with van der Waals surface area (Å²) in [4.78, 5) is 27.9. The van der Waals surface area contributed by atoms with E-state index >= 15 is 0 Å². The molecular formula is C21H31F3N2O5. The van der Waals surface area contributed by atoms with E-state index in [1.807, 2.05) is 0 Å². The van der Waals surface area contributed by atoms with Gasteiger partial charge in [0.15, 0.2) is 5.69 Å². The highest BCUT2D eigenvalue weighted by Crippen LogP contribution is 2.38. The summed E-state index contributed by atoms with van der Waals surface area (Å²) in [6, 6.07) is 0.600. The molecule has 0 spiro atoms. The van der Waals surface area contributed by atoms with E-state index in [0.717, 1.165) is 32.8 Å². The van der Waals surface area contributed by atoms with Gasteiger partial charge in [-0.05, 0) is 46.6 Å². The fourth-order valence-electron chi connectivity index (χ4n) is 2.66. The minimum absolute atomic E-state index is 0.489. The molecule has 31 heavy (non-hydrogen) atoms. The maximum atomic E-state index is 13.7.